The molecule has 1 aliphatic rings. The van der Waals surface area contributed by atoms with Crippen LogP contribution in [-0.4, -0.2) is 62.4 Å². The molecule has 0 unspecified atom stereocenters. The van der Waals surface area contributed by atoms with Crippen LogP contribution in [0.2, 0.25) is 0 Å². The van der Waals surface area contributed by atoms with Crippen molar-refractivity contribution in [3.63, 3.8) is 0 Å². The number of thioether (sulfide) groups is 1. The van der Waals surface area contributed by atoms with Crippen molar-refractivity contribution in [1.29, 1.82) is 0 Å². The van der Waals surface area contributed by atoms with Crippen LogP contribution in [0, 0.1) is 6.92 Å². The van der Waals surface area contributed by atoms with Crippen LogP contribution in [-0.2, 0) is 18.4 Å². The Morgan fingerprint density at radius 3 is 2.40 bits per heavy atom. The molecule has 30 heavy (non-hydrogen) atoms. The Kier molecular flexibility index (Phi) is 6.50. The van der Waals surface area contributed by atoms with Crippen LogP contribution in [0.25, 0.3) is 11.4 Å². The molecule has 0 radical (unpaired) electrons. The lowest BCUT2D eigenvalue weighted by atomic mass is 10.1. The quantitative estimate of drug-likeness (QED) is 0.572. The Balaban J connectivity index is 1.29. The molecule has 0 bridgehead atoms. The lowest BCUT2D eigenvalue weighted by Gasteiger charge is -2.34. The van der Waals surface area contributed by atoms with Gasteiger partial charge < -0.3 is 9.47 Å². The number of carbonyl (C=O) groups is 1. The van der Waals surface area contributed by atoms with Crippen LogP contribution in [0.15, 0.2) is 59.8 Å². The highest BCUT2D eigenvalue weighted by molar-refractivity contribution is 7.99. The van der Waals surface area contributed by atoms with E-state index in [0.717, 1.165) is 54.8 Å². The Labute approximate surface area is 181 Å². The van der Waals surface area contributed by atoms with Crippen molar-refractivity contribution in [2.24, 2.45) is 7.05 Å². The van der Waals surface area contributed by atoms with Gasteiger partial charge in [0.15, 0.2) is 11.0 Å². The maximum atomic E-state index is 12.7. The van der Waals surface area contributed by atoms with Gasteiger partial charge >= 0.3 is 0 Å². The van der Waals surface area contributed by atoms with Crippen LogP contribution in [0.4, 0.5) is 0 Å². The van der Waals surface area contributed by atoms with Gasteiger partial charge in [0.05, 0.1) is 5.75 Å². The van der Waals surface area contributed by atoms with E-state index >= 15 is 0 Å². The van der Waals surface area contributed by atoms with Gasteiger partial charge in [0.25, 0.3) is 0 Å². The third kappa shape index (κ3) is 4.74. The van der Waals surface area contributed by atoms with Gasteiger partial charge in [-0.3, -0.25) is 9.69 Å². The van der Waals surface area contributed by atoms with Gasteiger partial charge in [-0.05, 0) is 18.1 Å². The van der Waals surface area contributed by atoms with Crippen LogP contribution >= 0.6 is 11.8 Å². The average molecular weight is 422 g/mol. The summed E-state index contributed by atoms with van der Waals surface area (Å²) in [5.74, 6) is 1.38. The lowest BCUT2D eigenvalue weighted by Crippen LogP contribution is -2.48. The van der Waals surface area contributed by atoms with Crippen molar-refractivity contribution >= 4 is 17.7 Å². The Hall–Kier alpha value is -2.64. The molecule has 0 saturated carbocycles. The molecule has 0 N–H and O–H groups in total. The second-order valence-corrected chi connectivity index (χ2v) is 8.55. The smallest absolute Gasteiger partial charge is 0.233 e. The molecule has 1 aromatic heterocycles. The first kappa shape index (κ1) is 20.6. The summed E-state index contributed by atoms with van der Waals surface area (Å²) in [6.07, 6.45) is 0. The molecule has 156 valence electrons. The minimum atomic E-state index is 0.166. The summed E-state index contributed by atoms with van der Waals surface area (Å²) in [4.78, 5) is 17.1. The van der Waals surface area contributed by atoms with Gasteiger partial charge in [0, 0.05) is 45.3 Å². The normalized spacial score (nSPS) is 14.8. The summed E-state index contributed by atoms with van der Waals surface area (Å²) in [5.41, 5.74) is 3.55. The maximum Gasteiger partial charge on any atom is 0.233 e. The highest BCUT2D eigenvalue weighted by Crippen LogP contribution is 2.25. The predicted molar refractivity (Wildman–Crippen MR) is 120 cm³/mol. The number of rotatable bonds is 6. The maximum absolute atomic E-state index is 12.7. The van der Waals surface area contributed by atoms with Gasteiger partial charge in [-0.25, -0.2) is 0 Å². The molecule has 0 spiro atoms. The summed E-state index contributed by atoms with van der Waals surface area (Å²) in [6.45, 7) is 6.38. The number of piperazine rings is 1. The van der Waals surface area contributed by atoms with Crippen LogP contribution in [0.3, 0.4) is 0 Å². The minimum Gasteiger partial charge on any atom is -0.339 e. The number of carbonyl (C=O) groups excluding carboxylic acids is 1. The van der Waals surface area contributed by atoms with E-state index in [0.29, 0.717) is 5.75 Å². The largest absolute Gasteiger partial charge is 0.339 e. The summed E-state index contributed by atoms with van der Waals surface area (Å²) in [7, 11) is 1.96. The molecule has 0 aliphatic carbocycles. The molecule has 3 aromatic rings. The highest BCUT2D eigenvalue weighted by atomic mass is 32.2. The minimum absolute atomic E-state index is 0.166. The van der Waals surface area contributed by atoms with E-state index in [1.165, 1.54) is 17.3 Å². The first-order valence-electron chi connectivity index (χ1n) is 10.2. The van der Waals surface area contributed by atoms with Crippen LogP contribution < -0.4 is 0 Å². The number of benzene rings is 2. The summed E-state index contributed by atoms with van der Waals surface area (Å²) in [6, 6.07) is 18.6. The topological polar surface area (TPSA) is 54.3 Å². The van der Waals surface area contributed by atoms with E-state index in [9.17, 15) is 4.79 Å². The number of hydrogen-bond acceptors (Lipinski definition) is 5. The standard InChI is InChI=1S/C23H27N5OS/c1-18-8-6-7-11-20(18)22-24-25-23(26(22)2)30-17-21(29)28-14-12-27(13-15-28)16-19-9-4-3-5-10-19/h3-11H,12-17H2,1-2H3. The number of aromatic nitrogens is 3. The molecule has 2 aromatic carbocycles. The zero-order chi connectivity index (χ0) is 20.9. The third-order valence-corrected chi connectivity index (χ3v) is 6.52. The van der Waals surface area contributed by atoms with Crippen molar-refractivity contribution in [3.05, 3.63) is 65.7 Å². The molecule has 2 heterocycles. The monoisotopic (exact) mass is 421 g/mol. The first-order valence-corrected chi connectivity index (χ1v) is 11.2. The number of amides is 1. The predicted octanol–water partition coefficient (Wildman–Crippen LogP) is 3.23. The lowest BCUT2D eigenvalue weighted by molar-refractivity contribution is -0.130. The molecule has 1 aliphatic heterocycles. The van der Waals surface area contributed by atoms with Crippen LogP contribution in [0.1, 0.15) is 11.1 Å². The Morgan fingerprint density at radius 2 is 1.67 bits per heavy atom. The fourth-order valence-corrected chi connectivity index (χ4v) is 4.53. The third-order valence-electron chi connectivity index (χ3n) is 5.52. The van der Waals surface area contributed by atoms with Crippen LogP contribution in [0.5, 0.6) is 0 Å². The summed E-state index contributed by atoms with van der Waals surface area (Å²) in [5, 5.41) is 9.42. The number of aryl methyl sites for hydroxylation is 1. The van der Waals surface area contributed by atoms with Crippen molar-refractivity contribution in [3.8, 4) is 11.4 Å². The molecule has 1 saturated heterocycles. The van der Waals surface area contributed by atoms with Crippen molar-refractivity contribution in [1.82, 2.24) is 24.6 Å². The second kappa shape index (κ2) is 9.45. The number of hydrogen-bond donors (Lipinski definition) is 0. The molecule has 7 heteroatoms. The molecular weight excluding hydrogens is 394 g/mol. The van der Waals surface area contributed by atoms with E-state index < -0.39 is 0 Å². The molecular formula is C23H27N5OS. The van der Waals surface area contributed by atoms with E-state index in [1.807, 2.05) is 40.8 Å². The van der Waals surface area contributed by atoms with Gasteiger partial charge in [0.1, 0.15) is 0 Å². The van der Waals surface area contributed by atoms with Gasteiger partial charge in [0.2, 0.25) is 5.91 Å². The van der Waals surface area contributed by atoms with Gasteiger partial charge in [-0.1, -0.05) is 66.4 Å². The van der Waals surface area contributed by atoms with E-state index in [1.54, 1.807) is 0 Å². The molecule has 6 nitrogen and oxygen atoms in total. The molecule has 0 atom stereocenters. The highest BCUT2D eigenvalue weighted by Gasteiger charge is 2.22. The first-order chi connectivity index (χ1) is 14.6. The summed E-state index contributed by atoms with van der Waals surface area (Å²) < 4.78 is 1.97. The molecule has 1 fully saturated rings. The van der Waals surface area contributed by atoms with E-state index in [-0.39, 0.29) is 5.91 Å². The fraction of sp³-hybridized carbons (Fsp3) is 0.348. The number of nitrogens with zero attached hydrogens (tertiary/aromatic N) is 5. The Morgan fingerprint density at radius 1 is 0.967 bits per heavy atom. The Bertz CT molecular complexity index is 996. The zero-order valence-electron chi connectivity index (χ0n) is 17.5. The zero-order valence-corrected chi connectivity index (χ0v) is 18.3. The molecule has 4 rings (SSSR count). The molecule has 1 amide bonds. The SMILES string of the molecule is Cc1ccccc1-c1nnc(SCC(=O)N2CCN(Cc3ccccc3)CC2)n1C. The van der Waals surface area contributed by atoms with E-state index in [2.05, 4.69) is 52.4 Å². The van der Waals surface area contributed by atoms with Crippen molar-refractivity contribution in [2.45, 2.75) is 18.6 Å². The van der Waals surface area contributed by atoms with E-state index in [4.69, 9.17) is 0 Å². The second-order valence-electron chi connectivity index (χ2n) is 7.61. The fourth-order valence-electron chi connectivity index (χ4n) is 3.71. The van der Waals surface area contributed by atoms with Crippen molar-refractivity contribution < 1.29 is 4.79 Å². The van der Waals surface area contributed by atoms with Crippen molar-refractivity contribution in [2.75, 3.05) is 31.9 Å². The van der Waals surface area contributed by atoms with Gasteiger partial charge in [-0.15, -0.1) is 10.2 Å². The van der Waals surface area contributed by atoms with Gasteiger partial charge in [-0.2, -0.15) is 0 Å². The average Bonchev–Trinajstić information content (AvgIpc) is 3.14. The summed E-state index contributed by atoms with van der Waals surface area (Å²) >= 11 is 1.46.